The van der Waals surface area contributed by atoms with Gasteiger partial charge in [-0.25, -0.2) is 0 Å². The van der Waals surface area contributed by atoms with Crippen molar-refractivity contribution in [1.29, 1.82) is 5.41 Å². The number of nitrogen functional groups attached to an aromatic ring is 1. The van der Waals surface area contributed by atoms with Crippen molar-refractivity contribution in [2.75, 3.05) is 13.1 Å². The van der Waals surface area contributed by atoms with Crippen LogP contribution in [0.5, 0.6) is 0 Å². The minimum absolute atomic E-state index is 0.00431. The molecule has 1 fully saturated rings. The Morgan fingerprint density at radius 1 is 1.69 bits per heavy atom. The maximum absolute atomic E-state index is 9.43. The van der Waals surface area contributed by atoms with E-state index < -0.39 is 0 Å². The predicted octanol–water partition coefficient (Wildman–Crippen LogP) is -0.0677. The first-order chi connectivity index (χ1) is 7.66. The number of aromatic nitrogens is 1. The Balaban J connectivity index is 2.12. The van der Waals surface area contributed by atoms with E-state index in [1.54, 1.807) is 6.20 Å². The summed E-state index contributed by atoms with van der Waals surface area (Å²) in [5.41, 5.74) is 6.96. The molecular weight excluding hydrogens is 204 g/mol. The van der Waals surface area contributed by atoms with Crippen LogP contribution in [0.15, 0.2) is 18.3 Å². The van der Waals surface area contributed by atoms with Crippen molar-refractivity contribution in [3.63, 3.8) is 0 Å². The number of nitrogens with two attached hydrogens (primary N) is 1. The molecule has 1 aromatic heterocycles. The van der Waals surface area contributed by atoms with Gasteiger partial charge in [-0.3, -0.25) is 15.3 Å². The number of β-amino-alcohol motifs (C(OH)–C–C–N with tert-alkyl or cyclic N) is 1. The van der Waals surface area contributed by atoms with E-state index in [1.807, 2.05) is 12.1 Å². The molecule has 1 saturated heterocycles. The summed E-state index contributed by atoms with van der Waals surface area (Å²) in [5.74, 6) is -0.00431. The van der Waals surface area contributed by atoms with E-state index in [4.69, 9.17) is 11.1 Å². The monoisotopic (exact) mass is 220 g/mol. The van der Waals surface area contributed by atoms with Crippen LogP contribution < -0.4 is 5.73 Å². The molecule has 16 heavy (non-hydrogen) atoms. The second-order valence-corrected chi connectivity index (χ2v) is 4.10. The molecule has 2 rings (SSSR count). The fraction of sp³-hybridized carbons (Fsp3) is 0.455. The predicted molar refractivity (Wildman–Crippen MR) is 61.2 cm³/mol. The first kappa shape index (κ1) is 11.0. The van der Waals surface area contributed by atoms with Crippen molar-refractivity contribution < 1.29 is 5.11 Å². The summed E-state index contributed by atoms with van der Waals surface area (Å²) in [4.78, 5) is 6.25. The smallest absolute Gasteiger partial charge is 0.142 e. The van der Waals surface area contributed by atoms with Crippen molar-refractivity contribution in [3.8, 4) is 0 Å². The first-order valence-electron chi connectivity index (χ1n) is 5.35. The molecule has 0 aliphatic carbocycles. The van der Waals surface area contributed by atoms with Gasteiger partial charge >= 0.3 is 0 Å². The van der Waals surface area contributed by atoms with Crippen LogP contribution in [0.4, 0.5) is 0 Å². The lowest BCUT2D eigenvalue weighted by Gasteiger charge is -2.16. The SMILES string of the molecule is N=C(N)c1ncccc1CN1CCC(O)C1. The summed E-state index contributed by atoms with van der Waals surface area (Å²) >= 11 is 0. The lowest BCUT2D eigenvalue weighted by molar-refractivity contribution is 0.174. The first-order valence-corrected chi connectivity index (χ1v) is 5.35. The number of aliphatic hydroxyl groups is 1. The van der Waals surface area contributed by atoms with Gasteiger partial charge < -0.3 is 10.8 Å². The van der Waals surface area contributed by atoms with Gasteiger partial charge in [-0.2, -0.15) is 0 Å². The molecule has 86 valence electrons. The van der Waals surface area contributed by atoms with Gasteiger partial charge in [0, 0.05) is 25.8 Å². The minimum Gasteiger partial charge on any atom is -0.392 e. The van der Waals surface area contributed by atoms with Gasteiger partial charge in [0.25, 0.3) is 0 Å². The number of aliphatic hydroxyl groups excluding tert-OH is 1. The fourth-order valence-corrected chi connectivity index (χ4v) is 2.01. The van der Waals surface area contributed by atoms with Crippen LogP contribution in [0, 0.1) is 5.41 Å². The molecule has 1 aliphatic rings. The molecule has 5 heteroatoms. The number of pyridine rings is 1. The maximum atomic E-state index is 9.43. The van der Waals surface area contributed by atoms with Gasteiger partial charge in [0.05, 0.1) is 6.10 Å². The standard InChI is InChI=1S/C11H16N4O/c12-11(13)10-8(2-1-4-14-10)6-15-5-3-9(16)7-15/h1-2,4,9,16H,3,5-7H2,(H3,12,13). The molecular formula is C11H16N4O. The lowest BCUT2D eigenvalue weighted by atomic mass is 10.1. The number of hydrogen-bond donors (Lipinski definition) is 3. The van der Waals surface area contributed by atoms with Crippen LogP contribution in [0.1, 0.15) is 17.7 Å². The number of rotatable bonds is 3. The Bertz CT molecular complexity index is 393. The highest BCUT2D eigenvalue weighted by Gasteiger charge is 2.21. The van der Waals surface area contributed by atoms with Crippen molar-refractivity contribution in [3.05, 3.63) is 29.6 Å². The summed E-state index contributed by atoms with van der Waals surface area (Å²) in [6.45, 7) is 2.26. The average Bonchev–Trinajstić information content (AvgIpc) is 2.64. The van der Waals surface area contributed by atoms with Crippen LogP contribution in [-0.2, 0) is 6.54 Å². The average molecular weight is 220 g/mol. The molecule has 0 saturated carbocycles. The molecule has 2 heterocycles. The summed E-state index contributed by atoms with van der Waals surface area (Å²) in [6.07, 6.45) is 2.23. The zero-order valence-corrected chi connectivity index (χ0v) is 9.06. The molecule has 0 spiro atoms. The highest BCUT2D eigenvalue weighted by Crippen LogP contribution is 2.14. The number of nitrogens with one attached hydrogen (secondary N) is 1. The molecule has 0 bridgehead atoms. The van der Waals surface area contributed by atoms with Gasteiger partial charge in [-0.15, -0.1) is 0 Å². The van der Waals surface area contributed by atoms with Crippen LogP contribution >= 0.6 is 0 Å². The summed E-state index contributed by atoms with van der Waals surface area (Å²) in [5, 5.41) is 16.9. The van der Waals surface area contributed by atoms with Crippen LogP contribution in [0.2, 0.25) is 0 Å². The van der Waals surface area contributed by atoms with Crippen LogP contribution in [0.3, 0.4) is 0 Å². The molecule has 1 aromatic rings. The van der Waals surface area contributed by atoms with Gasteiger partial charge in [0.2, 0.25) is 0 Å². The number of amidine groups is 1. The Hall–Kier alpha value is -1.46. The quantitative estimate of drug-likeness (QED) is 0.491. The summed E-state index contributed by atoms with van der Waals surface area (Å²) in [6, 6.07) is 3.77. The Kier molecular flexibility index (Phi) is 3.17. The van der Waals surface area contributed by atoms with E-state index in [2.05, 4.69) is 9.88 Å². The summed E-state index contributed by atoms with van der Waals surface area (Å²) < 4.78 is 0. The topological polar surface area (TPSA) is 86.2 Å². The minimum atomic E-state index is -0.225. The van der Waals surface area contributed by atoms with Gasteiger partial charge in [0.1, 0.15) is 11.5 Å². The molecule has 0 aromatic carbocycles. The van der Waals surface area contributed by atoms with E-state index in [9.17, 15) is 5.11 Å². The van der Waals surface area contributed by atoms with Crippen molar-refractivity contribution in [2.45, 2.75) is 19.1 Å². The molecule has 1 aliphatic heterocycles. The van der Waals surface area contributed by atoms with Crippen molar-refractivity contribution in [1.82, 2.24) is 9.88 Å². The van der Waals surface area contributed by atoms with Crippen LogP contribution in [-0.4, -0.2) is 40.0 Å². The molecule has 1 atom stereocenters. The molecule has 4 N–H and O–H groups in total. The van der Waals surface area contributed by atoms with Gasteiger partial charge in [0.15, 0.2) is 0 Å². The number of nitrogens with zero attached hydrogens (tertiary/aromatic N) is 2. The maximum Gasteiger partial charge on any atom is 0.142 e. The van der Waals surface area contributed by atoms with Crippen molar-refractivity contribution >= 4 is 5.84 Å². The zero-order chi connectivity index (χ0) is 11.5. The number of likely N-dealkylation sites (tertiary alicyclic amines) is 1. The third-order valence-electron chi connectivity index (χ3n) is 2.79. The molecule has 1 unspecified atom stereocenters. The van der Waals surface area contributed by atoms with E-state index >= 15 is 0 Å². The number of hydrogen-bond acceptors (Lipinski definition) is 4. The van der Waals surface area contributed by atoms with Crippen molar-refractivity contribution in [2.24, 2.45) is 5.73 Å². The molecule has 5 nitrogen and oxygen atoms in total. The molecule has 0 amide bonds. The highest BCUT2D eigenvalue weighted by atomic mass is 16.3. The molecule has 0 radical (unpaired) electrons. The Morgan fingerprint density at radius 3 is 3.12 bits per heavy atom. The lowest BCUT2D eigenvalue weighted by Crippen LogP contribution is -2.24. The largest absolute Gasteiger partial charge is 0.392 e. The highest BCUT2D eigenvalue weighted by molar-refractivity contribution is 5.94. The van der Waals surface area contributed by atoms with Gasteiger partial charge in [-0.1, -0.05) is 6.07 Å². The van der Waals surface area contributed by atoms with Crippen LogP contribution in [0.25, 0.3) is 0 Å². The normalized spacial score (nSPS) is 21.2. The second-order valence-electron chi connectivity index (χ2n) is 4.10. The van der Waals surface area contributed by atoms with E-state index in [-0.39, 0.29) is 11.9 Å². The van der Waals surface area contributed by atoms with E-state index in [0.717, 1.165) is 18.5 Å². The second kappa shape index (κ2) is 4.59. The zero-order valence-electron chi connectivity index (χ0n) is 9.06. The third-order valence-corrected chi connectivity index (χ3v) is 2.79. The van der Waals surface area contributed by atoms with E-state index in [1.165, 1.54) is 0 Å². The Labute approximate surface area is 94.4 Å². The van der Waals surface area contributed by atoms with Gasteiger partial charge in [-0.05, 0) is 18.1 Å². The van der Waals surface area contributed by atoms with E-state index in [0.29, 0.717) is 18.8 Å². The third kappa shape index (κ3) is 2.37. The summed E-state index contributed by atoms with van der Waals surface area (Å²) in [7, 11) is 0. The Morgan fingerprint density at radius 2 is 2.50 bits per heavy atom. The fourth-order valence-electron chi connectivity index (χ4n) is 2.01.